The smallest absolute Gasteiger partial charge is 0.246 e. The Balaban J connectivity index is 1.64. The minimum atomic E-state index is -0.440. The SMILES string of the molecule is CN1C(=O)CC(NCc2ccn(-c3ccccc3)n2)C1=O. The third-order valence-corrected chi connectivity index (χ3v) is 3.58. The summed E-state index contributed by atoms with van der Waals surface area (Å²) < 4.78 is 1.78. The Morgan fingerprint density at radius 3 is 2.67 bits per heavy atom. The molecule has 0 bridgehead atoms. The molecular formula is C15H16N4O2. The van der Waals surface area contributed by atoms with Gasteiger partial charge in [-0.05, 0) is 18.2 Å². The first-order valence-corrected chi connectivity index (χ1v) is 6.79. The molecule has 0 saturated carbocycles. The van der Waals surface area contributed by atoms with Crippen LogP contribution in [0.15, 0.2) is 42.6 Å². The van der Waals surface area contributed by atoms with Crippen molar-refractivity contribution < 1.29 is 9.59 Å². The number of aromatic nitrogens is 2. The molecule has 1 aliphatic rings. The summed E-state index contributed by atoms with van der Waals surface area (Å²) in [6, 6.07) is 11.3. The summed E-state index contributed by atoms with van der Waals surface area (Å²) in [6.07, 6.45) is 2.09. The summed E-state index contributed by atoms with van der Waals surface area (Å²) in [7, 11) is 1.51. The predicted octanol–water partition coefficient (Wildman–Crippen LogP) is 0.719. The van der Waals surface area contributed by atoms with Gasteiger partial charge in [-0.25, -0.2) is 4.68 Å². The summed E-state index contributed by atoms with van der Waals surface area (Å²) >= 11 is 0. The normalized spacial score (nSPS) is 18.5. The van der Waals surface area contributed by atoms with Crippen LogP contribution in [-0.2, 0) is 16.1 Å². The Morgan fingerprint density at radius 1 is 1.24 bits per heavy atom. The fraction of sp³-hybridized carbons (Fsp3) is 0.267. The lowest BCUT2D eigenvalue weighted by molar-refractivity contribution is -0.137. The van der Waals surface area contributed by atoms with Crippen molar-refractivity contribution in [3.8, 4) is 5.69 Å². The number of imide groups is 1. The van der Waals surface area contributed by atoms with Crippen molar-refractivity contribution in [3.05, 3.63) is 48.3 Å². The Labute approximate surface area is 122 Å². The highest BCUT2D eigenvalue weighted by Gasteiger charge is 2.35. The Bertz CT molecular complexity index is 665. The predicted molar refractivity (Wildman–Crippen MR) is 76.6 cm³/mol. The van der Waals surface area contributed by atoms with Crippen molar-refractivity contribution in [3.63, 3.8) is 0 Å². The molecule has 1 N–H and O–H groups in total. The van der Waals surface area contributed by atoms with Gasteiger partial charge in [-0.3, -0.25) is 19.8 Å². The van der Waals surface area contributed by atoms with Crippen molar-refractivity contribution in [1.82, 2.24) is 20.0 Å². The highest BCUT2D eigenvalue weighted by Crippen LogP contribution is 2.12. The number of carbonyl (C=O) groups is 2. The van der Waals surface area contributed by atoms with E-state index in [-0.39, 0.29) is 18.2 Å². The molecule has 2 aromatic rings. The highest BCUT2D eigenvalue weighted by atomic mass is 16.2. The summed E-state index contributed by atoms with van der Waals surface area (Å²) in [6.45, 7) is 0.456. The van der Waals surface area contributed by atoms with Crippen LogP contribution in [0.25, 0.3) is 5.69 Å². The molecule has 1 saturated heterocycles. The van der Waals surface area contributed by atoms with Gasteiger partial charge in [-0.1, -0.05) is 18.2 Å². The van der Waals surface area contributed by atoms with Crippen molar-refractivity contribution in [2.45, 2.75) is 19.0 Å². The van der Waals surface area contributed by atoms with Gasteiger partial charge in [0.2, 0.25) is 11.8 Å². The molecule has 6 nitrogen and oxygen atoms in total. The zero-order valence-electron chi connectivity index (χ0n) is 11.7. The van der Waals surface area contributed by atoms with Crippen molar-refractivity contribution >= 4 is 11.8 Å². The number of benzene rings is 1. The molecule has 1 unspecified atom stereocenters. The maximum Gasteiger partial charge on any atom is 0.246 e. The van der Waals surface area contributed by atoms with Gasteiger partial charge >= 0.3 is 0 Å². The highest BCUT2D eigenvalue weighted by molar-refractivity contribution is 6.05. The largest absolute Gasteiger partial charge is 0.300 e. The number of para-hydroxylation sites is 1. The van der Waals surface area contributed by atoms with E-state index >= 15 is 0 Å². The van der Waals surface area contributed by atoms with Crippen LogP contribution in [0, 0.1) is 0 Å². The number of nitrogens with zero attached hydrogens (tertiary/aromatic N) is 3. The molecular weight excluding hydrogens is 268 g/mol. The van der Waals surface area contributed by atoms with Crippen molar-refractivity contribution in [1.29, 1.82) is 0 Å². The number of rotatable bonds is 4. The van der Waals surface area contributed by atoms with E-state index in [0.717, 1.165) is 11.4 Å². The average Bonchev–Trinajstić information content (AvgIpc) is 3.07. The van der Waals surface area contributed by atoms with Crippen LogP contribution in [0.2, 0.25) is 0 Å². The van der Waals surface area contributed by atoms with E-state index in [0.29, 0.717) is 6.54 Å². The van der Waals surface area contributed by atoms with Crippen LogP contribution in [-0.4, -0.2) is 39.6 Å². The molecule has 0 aliphatic carbocycles. The summed E-state index contributed by atoms with van der Waals surface area (Å²) in [5.41, 5.74) is 1.81. The van der Waals surface area contributed by atoms with Crippen molar-refractivity contribution in [2.75, 3.05) is 7.05 Å². The molecule has 0 radical (unpaired) electrons. The molecule has 21 heavy (non-hydrogen) atoms. The second kappa shape index (κ2) is 5.49. The number of carbonyl (C=O) groups excluding carboxylic acids is 2. The molecule has 2 amide bonds. The van der Waals surface area contributed by atoms with E-state index in [9.17, 15) is 9.59 Å². The Hall–Kier alpha value is -2.47. The molecule has 2 heterocycles. The van der Waals surface area contributed by atoms with E-state index in [1.165, 1.54) is 11.9 Å². The first-order chi connectivity index (χ1) is 10.1. The third kappa shape index (κ3) is 2.71. The lowest BCUT2D eigenvalue weighted by Crippen LogP contribution is -2.36. The van der Waals surface area contributed by atoms with Crippen LogP contribution in [0.1, 0.15) is 12.1 Å². The van der Waals surface area contributed by atoms with Gasteiger partial charge in [0, 0.05) is 19.8 Å². The van der Waals surface area contributed by atoms with E-state index in [2.05, 4.69) is 10.4 Å². The number of nitrogens with one attached hydrogen (secondary N) is 1. The molecule has 1 aliphatic heterocycles. The second-order valence-corrected chi connectivity index (χ2v) is 5.02. The van der Waals surface area contributed by atoms with E-state index in [1.807, 2.05) is 42.6 Å². The fourth-order valence-corrected chi connectivity index (χ4v) is 2.32. The van der Waals surface area contributed by atoms with E-state index in [1.54, 1.807) is 4.68 Å². The Morgan fingerprint density at radius 2 is 2.00 bits per heavy atom. The molecule has 108 valence electrons. The van der Waals surface area contributed by atoms with Crippen LogP contribution in [0.5, 0.6) is 0 Å². The summed E-state index contributed by atoms with van der Waals surface area (Å²) in [4.78, 5) is 24.4. The molecule has 1 aromatic heterocycles. The van der Waals surface area contributed by atoms with Gasteiger partial charge < -0.3 is 0 Å². The van der Waals surface area contributed by atoms with Gasteiger partial charge in [0.1, 0.15) is 0 Å². The molecule has 1 fully saturated rings. The fourth-order valence-electron chi connectivity index (χ4n) is 2.32. The number of hydrogen-bond donors (Lipinski definition) is 1. The zero-order chi connectivity index (χ0) is 14.8. The average molecular weight is 284 g/mol. The third-order valence-electron chi connectivity index (χ3n) is 3.58. The van der Waals surface area contributed by atoms with Crippen LogP contribution >= 0.6 is 0 Å². The molecule has 1 atom stereocenters. The number of hydrogen-bond acceptors (Lipinski definition) is 4. The first-order valence-electron chi connectivity index (χ1n) is 6.79. The topological polar surface area (TPSA) is 67.2 Å². The number of amides is 2. The van der Waals surface area contributed by atoms with Gasteiger partial charge in [-0.15, -0.1) is 0 Å². The zero-order valence-corrected chi connectivity index (χ0v) is 11.7. The molecule has 0 spiro atoms. The molecule has 6 heteroatoms. The maximum atomic E-state index is 11.8. The van der Waals surface area contributed by atoms with Gasteiger partial charge in [0.05, 0.1) is 23.8 Å². The lowest BCUT2D eigenvalue weighted by atomic mass is 10.2. The van der Waals surface area contributed by atoms with Gasteiger partial charge in [0.25, 0.3) is 0 Å². The lowest BCUT2D eigenvalue weighted by Gasteiger charge is -2.09. The maximum absolute atomic E-state index is 11.8. The van der Waals surface area contributed by atoms with Crippen LogP contribution in [0.3, 0.4) is 0 Å². The summed E-state index contributed by atoms with van der Waals surface area (Å²) in [5, 5.41) is 7.53. The van der Waals surface area contributed by atoms with Crippen LogP contribution in [0.4, 0.5) is 0 Å². The minimum Gasteiger partial charge on any atom is -0.300 e. The number of likely N-dealkylation sites (tertiary alicyclic amines) is 1. The van der Waals surface area contributed by atoms with E-state index in [4.69, 9.17) is 0 Å². The minimum absolute atomic E-state index is 0.146. The van der Waals surface area contributed by atoms with Crippen molar-refractivity contribution in [2.24, 2.45) is 0 Å². The monoisotopic (exact) mass is 284 g/mol. The quantitative estimate of drug-likeness (QED) is 0.840. The van der Waals surface area contributed by atoms with E-state index < -0.39 is 6.04 Å². The Kier molecular flexibility index (Phi) is 3.53. The molecule has 1 aromatic carbocycles. The molecule has 3 rings (SSSR count). The van der Waals surface area contributed by atoms with Gasteiger partial charge in [0.15, 0.2) is 0 Å². The number of likely N-dealkylation sites (N-methyl/N-ethyl adjacent to an activating group) is 1. The first kappa shape index (κ1) is 13.5. The second-order valence-electron chi connectivity index (χ2n) is 5.02. The van der Waals surface area contributed by atoms with Crippen LogP contribution < -0.4 is 5.32 Å². The standard InChI is InChI=1S/C15H16N4O2/c1-18-14(20)9-13(15(18)21)16-10-11-7-8-19(17-11)12-5-3-2-4-6-12/h2-8,13,16H,9-10H2,1H3. The van der Waals surface area contributed by atoms with Gasteiger partial charge in [-0.2, -0.15) is 5.10 Å². The summed E-state index contributed by atoms with van der Waals surface area (Å²) in [5.74, 6) is -0.324.